The van der Waals surface area contributed by atoms with E-state index in [1.165, 1.54) is 23.4 Å². The Hall–Kier alpha value is -1.04. The summed E-state index contributed by atoms with van der Waals surface area (Å²) in [7, 11) is 0. The molecule has 1 aliphatic heterocycles. The number of halogens is 1. The van der Waals surface area contributed by atoms with Crippen molar-refractivity contribution in [3.05, 3.63) is 15.9 Å². The molecule has 0 aromatic carbocycles. The average Bonchev–Trinajstić information content (AvgIpc) is 3.05. The standard InChI is InChI=1S/C11H14BrN3O2/c12-10-8-6-14(11(16)17)4-3-9(8)15(13-10)5-7-1-2-7/h7H,1-6H2,(H,16,17). The van der Waals surface area contributed by atoms with Crippen molar-refractivity contribution in [1.82, 2.24) is 14.7 Å². The smallest absolute Gasteiger partial charge is 0.407 e. The normalized spacial score (nSPS) is 19.2. The molecule has 1 N–H and O–H groups in total. The molecule has 0 bridgehead atoms. The minimum absolute atomic E-state index is 0.454. The van der Waals surface area contributed by atoms with Crippen LogP contribution >= 0.6 is 15.9 Å². The van der Waals surface area contributed by atoms with Crippen molar-refractivity contribution >= 4 is 22.0 Å². The average molecular weight is 300 g/mol. The molecule has 5 nitrogen and oxygen atoms in total. The first-order chi connectivity index (χ1) is 8.15. The van der Waals surface area contributed by atoms with Gasteiger partial charge in [-0.1, -0.05) is 0 Å². The quantitative estimate of drug-likeness (QED) is 0.910. The van der Waals surface area contributed by atoms with Crippen LogP contribution in [-0.4, -0.2) is 32.4 Å². The first-order valence-electron chi connectivity index (χ1n) is 5.87. The highest BCUT2D eigenvalue weighted by atomic mass is 79.9. The van der Waals surface area contributed by atoms with Crippen molar-refractivity contribution in [3.63, 3.8) is 0 Å². The van der Waals surface area contributed by atoms with Gasteiger partial charge in [0.1, 0.15) is 4.60 Å². The first kappa shape index (κ1) is 11.1. The molecule has 0 spiro atoms. The van der Waals surface area contributed by atoms with E-state index in [4.69, 9.17) is 5.11 Å². The summed E-state index contributed by atoms with van der Waals surface area (Å²) in [6, 6.07) is 0. The Bertz CT molecular complexity index is 468. The molecule has 2 heterocycles. The van der Waals surface area contributed by atoms with E-state index in [-0.39, 0.29) is 0 Å². The van der Waals surface area contributed by atoms with E-state index in [0.29, 0.717) is 13.1 Å². The van der Waals surface area contributed by atoms with Crippen LogP contribution in [0.25, 0.3) is 0 Å². The lowest BCUT2D eigenvalue weighted by molar-refractivity contribution is 0.139. The minimum Gasteiger partial charge on any atom is -0.465 e. The highest BCUT2D eigenvalue weighted by molar-refractivity contribution is 9.10. The van der Waals surface area contributed by atoms with Crippen LogP contribution in [0.2, 0.25) is 0 Å². The lowest BCUT2D eigenvalue weighted by Gasteiger charge is -2.24. The number of fused-ring (bicyclic) bond motifs is 1. The highest BCUT2D eigenvalue weighted by Crippen LogP contribution is 2.33. The molecule has 0 unspecified atom stereocenters. The summed E-state index contributed by atoms with van der Waals surface area (Å²) < 4.78 is 2.87. The fraction of sp³-hybridized carbons (Fsp3) is 0.636. The maximum Gasteiger partial charge on any atom is 0.407 e. The zero-order valence-corrected chi connectivity index (χ0v) is 11.0. The molecule has 0 saturated heterocycles. The molecule has 3 rings (SSSR count). The maximum absolute atomic E-state index is 11.0. The van der Waals surface area contributed by atoms with E-state index in [0.717, 1.165) is 29.1 Å². The SMILES string of the molecule is O=C(O)N1CCc2c(c(Br)nn2CC2CC2)C1. The van der Waals surface area contributed by atoms with Gasteiger partial charge in [-0.15, -0.1) is 0 Å². The van der Waals surface area contributed by atoms with Crippen LogP contribution in [0, 0.1) is 5.92 Å². The first-order valence-corrected chi connectivity index (χ1v) is 6.66. The molecule has 17 heavy (non-hydrogen) atoms. The summed E-state index contributed by atoms with van der Waals surface area (Å²) in [4.78, 5) is 12.4. The lowest BCUT2D eigenvalue weighted by atomic mass is 10.1. The number of rotatable bonds is 2. The second kappa shape index (κ2) is 4.01. The molecule has 1 aliphatic carbocycles. The fourth-order valence-electron chi connectivity index (χ4n) is 2.31. The van der Waals surface area contributed by atoms with Crippen LogP contribution in [0.3, 0.4) is 0 Å². The van der Waals surface area contributed by atoms with Gasteiger partial charge in [-0.3, -0.25) is 4.68 Å². The van der Waals surface area contributed by atoms with Crippen molar-refractivity contribution in [1.29, 1.82) is 0 Å². The van der Waals surface area contributed by atoms with Crippen molar-refractivity contribution in [3.8, 4) is 0 Å². The minimum atomic E-state index is -0.850. The molecule has 6 heteroatoms. The number of nitrogens with zero attached hydrogens (tertiary/aromatic N) is 3. The Morgan fingerprint density at radius 1 is 1.53 bits per heavy atom. The Labute approximate surface area is 108 Å². The van der Waals surface area contributed by atoms with E-state index in [2.05, 4.69) is 25.7 Å². The van der Waals surface area contributed by atoms with Crippen molar-refractivity contribution < 1.29 is 9.90 Å². The highest BCUT2D eigenvalue weighted by Gasteiger charge is 2.29. The summed E-state index contributed by atoms with van der Waals surface area (Å²) in [5.41, 5.74) is 2.25. The van der Waals surface area contributed by atoms with Gasteiger partial charge >= 0.3 is 6.09 Å². The zero-order valence-electron chi connectivity index (χ0n) is 9.40. The molecule has 1 fully saturated rings. The van der Waals surface area contributed by atoms with Gasteiger partial charge in [0, 0.05) is 30.8 Å². The molecule has 1 saturated carbocycles. The van der Waals surface area contributed by atoms with Crippen molar-refractivity contribution in [2.24, 2.45) is 5.92 Å². The number of amides is 1. The lowest BCUT2D eigenvalue weighted by Crippen LogP contribution is -2.35. The Balaban J connectivity index is 1.86. The Morgan fingerprint density at radius 2 is 2.29 bits per heavy atom. The second-order valence-corrected chi connectivity index (χ2v) is 5.55. The van der Waals surface area contributed by atoms with Crippen LogP contribution in [0.4, 0.5) is 4.79 Å². The van der Waals surface area contributed by atoms with Gasteiger partial charge in [0.25, 0.3) is 0 Å². The maximum atomic E-state index is 11.0. The summed E-state index contributed by atoms with van der Waals surface area (Å²) in [6.07, 6.45) is 2.52. The number of carboxylic acid groups (broad SMARTS) is 1. The fourth-order valence-corrected chi connectivity index (χ4v) is 2.85. The van der Waals surface area contributed by atoms with Crippen LogP contribution in [-0.2, 0) is 19.5 Å². The van der Waals surface area contributed by atoms with Gasteiger partial charge in [-0.05, 0) is 34.7 Å². The third kappa shape index (κ3) is 2.06. The molecular weight excluding hydrogens is 286 g/mol. The third-order valence-electron chi connectivity index (χ3n) is 3.48. The number of aromatic nitrogens is 2. The van der Waals surface area contributed by atoms with Gasteiger partial charge < -0.3 is 10.0 Å². The van der Waals surface area contributed by atoms with Crippen LogP contribution in [0.1, 0.15) is 24.1 Å². The van der Waals surface area contributed by atoms with Crippen molar-refractivity contribution in [2.75, 3.05) is 6.54 Å². The molecular formula is C11H14BrN3O2. The van der Waals surface area contributed by atoms with Crippen LogP contribution in [0.15, 0.2) is 4.60 Å². The number of hydrogen-bond acceptors (Lipinski definition) is 2. The van der Waals surface area contributed by atoms with Gasteiger partial charge in [-0.2, -0.15) is 5.10 Å². The molecule has 0 radical (unpaired) electrons. The van der Waals surface area contributed by atoms with Crippen molar-refractivity contribution in [2.45, 2.75) is 32.4 Å². The second-order valence-electron chi connectivity index (χ2n) is 4.80. The topological polar surface area (TPSA) is 58.4 Å². The Kier molecular flexibility index (Phi) is 2.61. The summed E-state index contributed by atoms with van der Waals surface area (Å²) in [5, 5.41) is 13.5. The van der Waals surface area contributed by atoms with Gasteiger partial charge in [0.05, 0.1) is 6.54 Å². The van der Waals surface area contributed by atoms with E-state index in [1.54, 1.807) is 0 Å². The zero-order chi connectivity index (χ0) is 12.0. The molecule has 1 aromatic rings. The molecule has 1 aromatic heterocycles. The third-order valence-corrected chi connectivity index (χ3v) is 4.12. The summed E-state index contributed by atoms with van der Waals surface area (Å²) in [5.74, 6) is 0.781. The number of hydrogen-bond donors (Lipinski definition) is 1. The van der Waals surface area contributed by atoms with E-state index < -0.39 is 6.09 Å². The van der Waals surface area contributed by atoms with Crippen LogP contribution < -0.4 is 0 Å². The summed E-state index contributed by atoms with van der Waals surface area (Å²) in [6.45, 7) is 2.02. The predicted octanol–water partition coefficient (Wildman–Crippen LogP) is 2.09. The van der Waals surface area contributed by atoms with Crippen LogP contribution in [0.5, 0.6) is 0 Å². The predicted molar refractivity (Wildman–Crippen MR) is 64.8 cm³/mol. The molecule has 0 atom stereocenters. The largest absolute Gasteiger partial charge is 0.465 e. The number of carbonyl (C=O) groups is 1. The molecule has 92 valence electrons. The monoisotopic (exact) mass is 299 g/mol. The van der Waals surface area contributed by atoms with E-state index in [9.17, 15) is 4.79 Å². The van der Waals surface area contributed by atoms with Gasteiger partial charge in [0.2, 0.25) is 0 Å². The summed E-state index contributed by atoms with van der Waals surface area (Å²) >= 11 is 3.44. The van der Waals surface area contributed by atoms with Gasteiger partial charge in [0.15, 0.2) is 0 Å². The van der Waals surface area contributed by atoms with E-state index in [1.807, 2.05) is 0 Å². The van der Waals surface area contributed by atoms with Gasteiger partial charge in [-0.25, -0.2) is 4.79 Å². The van der Waals surface area contributed by atoms with E-state index >= 15 is 0 Å². The molecule has 2 aliphatic rings. The Morgan fingerprint density at radius 3 is 2.94 bits per heavy atom. The molecule has 1 amide bonds.